The van der Waals surface area contributed by atoms with Crippen LogP contribution in [0.2, 0.25) is 5.02 Å². The molecule has 2 aromatic heterocycles. The van der Waals surface area contributed by atoms with Crippen LogP contribution in [0.3, 0.4) is 0 Å². The molecule has 0 aliphatic heterocycles. The van der Waals surface area contributed by atoms with Gasteiger partial charge in [-0.1, -0.05) is 24.6 Å². The molecule has 0 aliphatic rings. The number of rotatable bonds is 8. The second kappa shape index (κ2) is 10.0. The van der Waals surface area contributed by atoms with Crippen LogP contribution in [-0.2, 0) is 19.0 Å². The van der Waals surface area contributed by atoms with E-state index >= 15 is 0 Å². The highest BCUT2D eigenvalue weighted by molar-refractivity contribution is 6.33. The Balaban J connectivity index is 1.66. The van der Waals surface area contributed by atoms with Crippen molar-refractivity contribution in [2.75, 3.05) is 19.0 Å². The quantitative estimate of drug-likeness (QED) is 0.447. The minimum Gasteiger partial charge on any atom is -0.493 e. The van der Waals surface area contributed by atoms with Crippen LogP contribution >= 0.6 is 11.6 Å². The second-order valence-corrected chi connectivity index (χ2v) is 7.26. The number of aromatic nitrogens is 3. The molecule has 3 aromatic rings. The summed E-state index contributed by atoms with van der Waals surface area (Å²) in [6.07, 6.45) is -2.36. The number of benzene rings is 1. The largest absolute Gasteiger partial charge is 0.493 e. The molecule has 0 spiro atoms. The Morgan fingerprint density at radius 1 is 1.09 bits per heavy atom. The number of aryl methyl sites for hydroxylation is 2. The van der Waals surface area contributed by atoms with E-state index in [4.69, 9.17) is 21.1 Å². The van der Waals surface area contributed by atoms with Crippen LogP contribution in [0.5, 0.6) is 17.4 Å². The molecule has 3 rings (SSSR count). The summed E-state index contributed by atoms with van der Waals surface area (Å²) in [5.41, 5.74) is 0.908. The number of alkyl halides is 3. The summed E-state index contributed by atoms with van der Waals surface area (Å²) in [5, 5.41) is 3.75. The van der Waals surface area contributed by atoms with Gasteiger partial charge in [0.1, 0.15) is 16.7 Å². The highest BCUT2D eigenvalue weighted by Gasteiger charge is 2.30. The zero-order valence-electron chi connectivity index (χ0n) is 17.8. The van der Waals surface area contributed by atoms with E-state index in [0.717, 1.165) is 29.6 Å². The van der Waals surface area contributed by atoms with Gasteiger partial charge in [0.05, 0.1) is 18.4 Å². The first-order valence-corrected chi connectivity index (χ1v) is 10.2. The number of ether oxygens (including phenoxy) is 2. The molecule has 0 fully saturated rings. The van der Waals surface area contributed by atoms with Gasteiger partial charge in [0, 0.05) is 18.8 Å². The first kappa shape index (κ1) is 23.6. The molecule has 0 radical (unpaired) electrons. The molecule has 10 heteroatoms. The summed E-state index contributed by atoms with van der Waals surface area (Å²) in [6, 6.07) is 7.40. The molecule has 0 saturated heterocycles. The molecule has 1 aromatic carbocycles. The van der Waals surface area contributed by atoms with Crippen molar-refractivity contribution < 1.29 is 22.6 Å². The second-order valence-electron chi connectivity index (χ2n) is 6.88. The van der Waals surface area contributed by atoms with Gasteiger partial charge in [-0.15, -0.1) is 0 Å². The number of hydrogen-bond acceptors (Lipinski definition) is 6. The van der Waals surface area contributed by atoms with Gasteiger partial charge < -0.3 is 14.8 Å². The highest BCUT2D eigenvalue weighted by atomic mass is 35.5. The monoisotopic (exact) mass is 466 g/mol. The first-order chi connectivity index (χ1) is 15.2. The lowest BCUT2D eigenvalue weighted by atomic mass is 10.1. The van der Waals surface area contributed by atoms with E-state index in [0.29, 0.717) is 47.6 Å². The van der Waals surface area contributed by atoms with Crippen LogP contribution in [-0.4, -0.2) is 28.6 Å². The van der Waals surface area contributed by atoms with Crippen molar-refractivity contribution >= 4 is 17.4 Å². The van der Waals surface area contributed by atoms with Gasteiger partial charge in [-0.25, -0.2) is 15.0 Å². The predicted octanol–water partition coefficient (Wildman–Crippen LogP) is 5.87. The number of nitrogens with zero attached hydrogens (tertiary/aromatic N) is 3. The summed E-state index contributed by atoms with van der Waals surface area (Å²) < 4.78 is 49.0. The summed E-state index contributed by atoms with van der Waals surface area (Å²) in [7, 11) is 1.49. The van der Waals surface area contributed by atoms with Gasteiger partial charge in [0.15, 0.2) is 11.5 Å². The number of hydrogen-bond donors (Lipinski definition) is 1. The molecule has 1 N–H and O–H groups in total. The van der Waals surface area contributed by atoms with Gasteiger partial charge in [-0.3, -0.25) is 0 Å². The Morgan fingerprint density at radius 2 is 1.88 bits per heavy atom. The average molecular weight is 467 g/mol. The van der Waals surface area contributed by atoms with Crippen LogP contribution in [0.1, 0.15) is 29.6 Å². The summed E-state index contributed by atoms with van der Waals surface area (Å²) >= 11 is 6.35. The van der Waals surface area contributed by atoms with Gasteiger partial charge in [0.25, 0.3) is 0 Å². The van der Waals surface area contributed by atoms with Crippen molar-refractivity contribution in [2.24, 2.45) is 0 Å². The van der Waals surface area contributed by atoms with Crippen LogP contribution in [0.25, 0.3) is 0 Å². The average Bonchev–Trinajstić information content (AvgIpc) is 2.76. The molecular formula is C22H22ClF3N4O2. The molecule has 0 bridgehead atoms. The Kier molecular flexibility index (Phi) is 7.40. The molecule has 0 amide bonds. The van der Waals surface area contributed by atoms with Crippen LogP contribution in [0.4, 0.5) is 19.0 Å². The van der Waals surface area contributed by atoms with Crippen molar-refractivity contribution in [3.8, 4) is 17.4 Å². The van der Waals surface area contributed by atoms with Crippen molar-refractivity contribution in [3.05, 3.63) is 64.2 Å². The lowest BCUT2D eigenvalue weighted by Crippen LogP contribution is -2.09. The van der Waals surface area contributed by atoms with Crippen LogP contribution < -0.4 is 14.8 Å². The van der Waals surface area contributed by atoms with E-state index in [1.165, 1.54) is 7.11 Å². The summed E-state index contributed by atoms with van der Waals surface area (Å²) in [6.45, 7) is 4.37. The third kappa shape index (κ3) is 5.79. The number of anilines is 1. The van der Waals surface area contributed by atoms with E-state index in [9.17, 15) is 13.2 Å². The number of nitrogens with one attached hydrogen (secondary N) is 1. The molecule has 6 nitrogen and oxygen atoms in total. The van der Waals surface area contributed by atoms with Crippen molar-refractivity contribution in [3.63, 3.8) is 0 Å². The predicted molar refractivity (Wildman–Crippen MR) is 116 cm³/mol. The van der Waals surface area contributed by atoms with E-state index in [1.807, 2.05) is 19.9 Å². The van der Waals surface area contributed by atoms with E-state index in [1.54, 1.807) is 12.1 Å². The maximum atomic E-state index is 12.7. The molecule has 0 aliphatic carbocycles. The van der Waals surface area contributed by atoms with Crippen molar-refractivity contribution in [1.82, 2.24) is 15.0 Å². The Labute approximate surface area is 188 Å². The normalized spacial score (nSPS) is 11.3. The maximum Gasteiger partial charge on any atom is 0.417 e. The van der Waals surface area contributed by atoms with Gasteiger partial charge in [-0.05, 0) is 43.5 Å². The summed E-state index contributed by atoms with van der Waals surface area (Å²) in [4.78, 5) is 12.4. The van der Waals surface area contributed by atoms with Gasteiger partial charge in [0.2, 0.25) is 5.88 Å². The minimum atomic E-state index is -4.45. The number of methoxy groups -OCH3 is 1. The fraction of sp³-hybridized carbons (Fsp3) is 0.318. The third-order valence-electron chi connectivity index (χ3n) is 4.58. The molecule has 0 saturated carbocycles. The van der Waals surface area contributed by atoms with Gasteiger partial charge in [-0.2, -0.15) is 13.2 Å². The zero-order chi connectivity index (χ0) is 23.3. The highest BCUT2D eigenvalue weighted by Crippen LogP contribution is 2.34. The molecular weight excluding hydrogens is 445 g/mol. The van der Waals surface area contributed by atoms with Crippen LogP contribution in [0.15, 0.2) is 36.5 Å². The fourth-order valence-corrected chi connectivity index (χ4v) is 3.25. The molecule has 170 valence electrons. The molecule has 0 atom stereocenters. The Hall–Kier alpha value is -3.07. The molecule has 32 heavy (non-hydrogen) atoms. The van der Waals surface area contributed by atoms with Crippen LogP contribution in [0, 0.1) is 6.92 Å². The number of halogens is 4. The lowest BCUT2D eigenvalue weighted by molar-refractivity contribution is -0.137. The lowest BCUT2D eigenvalue weighted by Gasteiger charge is -2.13. The van der Waals surface area contributed by atoms with Crippen molar-refractivity contribution in [2.45, 2.75) is 32.9 Å². The smallest absolute Gasteiger partial charge is 0.417 e. The molecule has 2 heterocycles. The zero-order valence-corrected chi connectivity index (χ0v) is 18.5. The standard InChI is InChI=1S/C22H22ClF3N4O2/c1-4-16-20(23)21(30-13(2)29-16)27-10-9-14-5-7-17(18(11-14)31-3)32-19-8-6-15(12-28-19)22(24,25)26/h5-8,11-12H,4,9-10H2,1-3H3,(H,27,29,30). The Bertz CT molecular complexity index is 1080. The topological polar surface area (TPSA) is 69.2 Å². The minimum absolute atomic E-state index is 0.0335. The number of pyridine rings is 1. The van der Waals surface area contributed by atoms with Gasteiger partial charge >= 0.3 is 6.18 Å². The first-order valence-electron chi connectivity index (χ1n) is 9.86. The van der Waals surface area contributed by atoms with E-state index in [2.05, 4.69) is 20.3 Å². The maximum absolute atomic E-state index is 12.7. The van der Waals surface area contributed by atoms with Crippen molar-refractivity contribution in [1.29, 1.82) is 0 Å². The molecule has 0 unspecified atom stereocenters. The van der Waals surface area contributed by atoms with E-state index in [-0.39, 0.29) is 5.88 Å². The Morgan fingerprint density at radius 3 is 2.50 bits per heavy atom. The summed E-state index contributed by atoms with van der Waals surface area (Å²) in [5.74, 6) is 2.06. The fourth-order valence-electron chi connectivity index (χ4n) is 2.97. The SMILES string of the molecule is CCc1nc(C)nc(NCCc2ccc(Oc3ccc(C(F)(F)F)cn3)c(OC)c2)c1Cl. The third-order valence-corrected chi connectivity index (χ3v) is 4.98. The van der Waals surface area contributed by atoms with E-state index < -0.39 is 11.7 Å².